The van der Waals surface area contributed by atoms with Crippen LogP contribution in [0, 0.1) is 5.92 Å². The Bertz CT molecular complexity index is 482. The van der Waals surface area contributed by atoms with Gasteiger partial charge in [0.1, 0.15) is 4.99 Å². The van der Waals surface area contributed by atoms with Gasteiger partial charge in [-0.1, -0.05) is 12.2 Å². The molecule has 0 aliphatic heterocycles. The van der Waals surface area contributed by atoms with Crippen molar-refractivity contribution in [2.45, 2.75) is 19.3 Å². The third-order valence-corrected chi connectivity index (χ3v) is 3.68. The lowest BCUT2D eigenvalue weighted by molar-refractivity contribution is -0.116. The van der Waals surface area contributed by atoms with Crippen molar-refractivity contribution in [3.63, 3.8) is 0 Å². The summed E-state index contributed by atoms with van der Waals surface area (Å²) in [5.74, 6) is 0.895. The van der Waals surface area contributed by atoms with Crippen LogP contribution in [0.3, 0.4) is 0 Å². The van der Waals surface area contributed by atoms with Crippen molar-refractivity contribution in [3.8, 4) is 0 Å². The fraction of sp³-hybridized carbons (Fsp3) is 0.467. The number of thiocarbonyl (C=S) groups is 1. The summed E-state index contributed by atoms with van der Waals surface area (Å²) in [6, 6.07) is 7.27. The highest BCUT2D eigenvalue weighted by Crippen LogP contribution is 2.29. The zero-order valence-electron chi connectivity index (χ0n) is 11.8. The van der Waals surface area contributed by atoms with Crippen LogP contribution in [-0.4, -0.2) is 35.9 Å². The summed E-state index contributed by atoms with van der Waals surface area (Å²) in [6.07, 6.45) is 3.19. The monoisotopic (exact) mass is 291 g/mol. The summed E-state index contributed by atoms with van der Waals surface area (Å²) in [7, 11) is 2.07. The molecule has 0 radical (unpaired) electrons. The molecule has 0 heterocycles. The highest BCUT2D eigenvalue weighted by Gasteiger charge is 2.22. The molecule has 1 aromatic rings. The van der Waals surface area contributed by atoms with E-state index in [1.165, 1.54) is 12.8 Å². The van der Waals surface area contributed by atoms with Gasteiger partial charge in [-0.15, -0.1) is 0 Å². The molecule has 4 nitrogen and oxygen atoms in total. The number of benzene rings is 1. The van der Waals surface area contributed by atoms with Gasteiger partial charge < -0.3 is 16.0 Å². The number of amides is 1. The molecule has 1 fully saturated rings. The van der Waals surface area contributed by atoms with Crippen molar-refractivity contribution in [3.05, 3.63) is 29.8 Å². The number of hydrogen-bond acceptors (Lipinski definition) is 3. The van der Waals surface area contributed by atoms with E-state index in [1.807, 2.05) is 24.3 Å². The first-order valence-electron chi connectivity index (χ1n) is 6.93. The Kier molecular flexibility index (Phi) is 5.09. The molecule has 2 rings (SSSR count). The average Bonchev–Trinajstić information content (AvgIpc) is 3.21. The van der Waals surface area contributed by atoms with Gasteiger partial charge in [-0.3, -0.25) is 4.79 Å². The molecule has 0 spiro atoms. The van der Waals surface area contributed by atoms with Crippen LogP contribution in [-0.2, 0) is 4.79 Å². The van der Waals surface area contributed by atoms with Gasteiger partial charge in [0, 0.05) is 30.8 Å². The Morgan fingerprint density at radius 3 is 2.60 bits per heavy atom. The summed E-state index contributed by atoms with van der Waals surface area (Å²) >= 11 is 4.89. The van der Waals surface area contributed by atoms with Gasteiger partial charge in [0.2, 0.25) is 5.91 Å². The lowest BCUT2D eigenvalue weighted by Gasteiger charge is -2.15. The number of nitrogens with one attached hydrogen (secondary N) is 1. The predicted octanol–water partition coefficient (Wildman–Crippen LogP) is 1.99. The fourth-order valence-electron chi connectivity index (χ4n) is 2.07. The van der Waals surface area contributed by atoms with Crippen LogP contribution in [0.25, 0.3) is 0 Å². The second kappa shape index (κ2) is 6.81. The normalized spacial score (nSPS) is 14.3. The summed E-state index contributed by atoms with van der Waals surface area (Å²) < 4.78 is 0. The van der Waals surface area contributed by atoms with E-state index in [4.69, 9.17) is 18.0 Å². The minimum absolute atomic E-state index is 0.0377. The third-order valence-electron chi connectivity index (χ3n) is 3.44. The standard InChI is InChI=1S/C15H21N3OS/c1-18(10-11-2-3-11)9-8-14(19)17-13-6-4-12(5-7-13)15(16)20/h4-7,11H,2-3,8-10H2,1H3,(H2,16,20)(H,17,19). The molecule has 1 saturated carbocycles. The second-order valence-corrected chi connectivity index (χ2v) is 5.89. The highest BCUT2D eigenvalue weighted by molar-refractivity contribution is 7.80. The van der Waals surface area contributed by atoms with Gasteiger partial charge in [-0.05, 0) is 50.1 Å². The summed E-state index contributed by atoms with van der Waals surface area (Å²) in [6.45, 7) is 1.91. The maximum atomic E-state index is 11.8. The Morgan fingerprint density at radius 1 is 1.40 bits per heavy atom. The van der Waals surface area contributed by atoms with E-state index in [0.717, 1.165) is 30.3 Å². The zero-order valence-corrected chi connectivity index (χ0v) is 12.6. The van der Waals surface area contributed by atoms with Gasteiger partial charge in [0.25, 0.3) is 0 Å². The average molecular weight is 291 g/mol. The second-order valence-electron chi connectivity index (χ2n) is 5.45. The first-order valence-corrected chi connectivity index (χ1v) is 7.33. The molecule has 0 aromatic heterocycles. The molecule has 0 saturated heterocycles. The lowest BCUT2D eigenvalue weighted by Crippen LogP contribution is -2.26. The minimum Gasteiger partial charge on any atom is -0.389 e. The summed E-state index contributed by atoms with van der Waals surface area (Å²) in [4.78, 5) is 14.4. The van der Waals surface area contributed by atoms with E-state index in [0.29, 0.717) is 11.4 Å². The van der Waals surface area contributed by atoms with Crippen LogP contribution in [0.5, 0.6) is 0 Å². The van der Waals surface area contributed by atoms with Crippen molar-refractivity contribution < 1.29 is 4.79 Å². The number of anilines is 1. The van der Waals surface area contributed by atoms with Crippen molar-refractivity contribution in [1.29, 1.82) is 0 Å². The summed E-state index contributed by atoms with van der Waals surface area (Å²) in [5.41, 5.74) is 7.11. The topological polar surface area (TPSA) is 58.4 Å². The maximum Gasteiger partial charge on any atom is 0.225 e. The van der Waals surface area contributed by atoms with Crippen LogP contribution in [0.1, 0.15) is 24.8 Å². The van der Waals surface area contributed by atoms with Crippen molar-refractivity contribution >= 4 is 28.8 Å². The fourth-order valence-corrected chi connectivity index (χ4v) is 2.20. The van der Waals surface area contributed by atoms with E-state index in [-0.39, 0.29) is 5.91 Å². The molecule has 0 bridgehead atoms. The van der Waals surface area contributed by atoms with Crippen LogP contribution in [0.4, 0.5) is 5.69 Å². The number of carbonyl (C=O) groups excluding carboxylic acids is 1. The van der Waals surface area contributed by atoms with Gasteiger partial charge in [-0.25, -0.2) is 0 Å². The molecule has 0 atom stereocenters. The van der Waals surface area contributed by atoms with Gasteiger partial charge in [-0.2, -0.15) is 0 Å². The summed E-state index contributed by atoms with van der Waals surface area (Å²) in [5, 5.41) is 2.88. The van der Waals surface area contributed by atoms with Gasteiger partial charge in [0.15, 0.2) is 0 Å². The first-order chi connectivity index (χ1) is 9.54. The highest BCUT2D eigenvalue weighted by atomic mass is 32.1. The number of nitrogens with zero attached hydrogens (tertiary/aromatic N) is 1. The Balaban J connectivity index is 1.74. The molecule has 0 unspecified atom stereocenters. The zero-order chi connectivity index (χ0) is 14.5. The molecule has 1 aromatic carbocycles. The molecule has 20 heavy (non-hydrogen) atoms. The minimum atomic E-state index is 0.0377. The van der Waals surface area contributed by atoms with E-state index in [1.54, 1.807) is 0 Å². The molecule has 5 heteroatoms. The number of hydrogen-bond donors (Lipinski definition) is 2. The first kappa shape index (κ1) is 14.9. The smallest absolute Gasteiger partial charge is 0.225 e. The number of carbonyl (C=O) groups is 1. The number of rotatable bonds is 7. The van der Waals surface area contributed by atoms with E-state index >= 15 is 0 Å². The van der Waals surface area contributed by atoms with E-state index < -0.39 is 0 Å². The van der Waals surface area contributed by atoms with Crippen LogP contribution in [0.2, 0.25) is 0 Å². The Labute approximate surface area is 125 Å². The molecule has 108 valence electrons. The molecule has 3 N–H and O–H groups in total. The van der Waals surface area contributed by atoms with E-state index in [9.17, 15) is 4.79 Å². The van der Waals surface area contributed by atoms with E-state index in [2.05, 4.69) is 17.3 Å². The molecule has 1 aliphatic carbocycles. The predicted molar refractivity (Wildman–Crippen MR) is 85.8 cm³/mol. The van der Waals surface area contributed by atoms with Crippen LogP contribution in [0.15, 0.2) is 24.3 Å². The largest absolute Gasteiger partial charge is 0.389 e. The number of nitrogens with two attached hydrogens (primary N) is 1. The molecule has 1 aliphatic rings. The van der Waals surface area contributed by atoms with Gasteiger partial charge >= 0.3 is 0 Å². The maximum absolute atomic E-state index is 11.8. The molecular weight excluding hydrogens is 270 g/mol. The third kappa shape index (κ3) is 4.90. The van der Waals surface area contributed by atoms with Crippen molar-refractivity contribution in [1.82, 2.24) is 4.90 Å². The van der Waals surface area contributed by atoms with Crippen molar-refractivity contribution in [2.24, 2.45) is 11.7 Å². The molecular formula is C15H21N3OS. The van der Waals surface area contributed by atoms with Crippen LogP contribution < -0.4 is 11.1 Å². The Morgan fingerprint density at radius 2 is 2.05 bits per heavy atom. The SMILES string of the molecule is CN(CCC(=O)Nc1ccc(C(N)=S)cc1)CC1CC1. The molecule has 1 amide bonds. The van der Waals surface area contributed by atoms with Crippen LogP contribution >= 0.6 is 12.2 Å². The van der Waals surface area contributed by atoms with Gasteiger partial charge in [0.05, 0.1) is 0 Å². The van der Waals surface area contributed by atoms with Crippen molar-refractivity contribution in [2.75, 3.05) is 25.5 Å². The lowest BCUT2D eigenvalue weighted by atomic mass is 10.2. The quantitative estimate of drug-likeness (QED) is 0.754. The Hall–Kier alpha value is -1.46.